The molecule has 0 spiro atoms. The Labute approximate surface area is 150 Å². The van der Waals surface area contributed by atoms with Crippen LogP contribution in [0.4, 0.5) is 0 Å². The van der Waals surface area contributed by atoms with Gasteiger partial charge in [-0.2, -0.15) is 0 Å². The number of likely N-dealkylation sites (tertiary alicyclic amines) is 1. The smallest absolute Gasteiger partial charge is 0.233 e. The first-order valence-electron chi connectivity index (χ1n) is 9.74. The van der Waals surface area contributed by atoms with Crippen molar-refractivity contribution < 1.29 is 14.6 Å². The highest BCUT2D eigenvalue weighted by Gasteiger charge is 2.53. The minimum atomic E-state index is -0.371. The lowest BCUT2D eigenvalue weighted by Gasteiger charge is -2.40. The van der Waals surface area contributed by atoms with Crippen LogP contribution in [0.15, 0.2) is 30.3 Å². The first-order chi connectivity index (χ1) is 12.2. The molecule has 0 unspecified atom stereocenters. The summed E-state index contributed by atoms with van der Waals surface area (Å²) in [5.74, 6) is 0.646. The molecule has 2 atom stereocenters. The summed E-state index contributed by atoms with van der Waals surface area (Å²) in [6, 6.07) is 10.4. The zero-order valence-electron chi connectivity index (χ0n) is 15.0. The van der Waals surface area contributed by atoms with Crippen LogP contribution in [-0.2, 0) is 14.9 Å². The molecule has 3 fully saturated rings. The van der Waals surface area contributed by atoms with E-state index in [1.807, 2.05) is 23.1 Å². The zero-order chi connectivity index (χ0) is 17.3. The van der Waals surface area contributed by atoms with Gasteiger partial charge in [0.15, 0.2) is 0 Å². The average Bonchev–Trinajstić information content (AvgIpc) is 3.09. The fraction of sp³-hybridized carbons (Fsp3) is 0.667. The molecule has 0 bridgehead atoms. The Balaban J connectivity index is 1.64. The van der Waals surface area contributed by atoms with Crippen molar-refractivity contribution in [1.29, 1.82) is 0 Å². The summed E-state index contributed by atoms with van der Waals surface area (Å²) in [6.45, 7) is 2.85. The highest BCUT2D eigenvalue weighted by molar-refractivity contribution is 5.88. The van der Waals surface area contributed by atoms with Crippen LogP contribution < -0.4 is 0 Å². The maximum absolute atomic E-state index is 13.7. The third-order valence-corrected chi connectivity index (χ3v) is 6.86. The fourth-order valence-corrected chi connectivity index (χ4v) is 5.32. The second-order valence-electron chi connectivity index (χ2n) is 8.25. The van der Waals surface area contributed by atoms with Crippen LogP contribution in [0.25, 0.3) is 0 Å². The molecule has 1 aromatic rings. The second kappa shape index (κ2) is 6.73. The van der Waals surface area contributed by atoms with Crippen LogP contribution in [0.1, 0.15) is 44.1 Å². The van der Waals surface area contributed by atoms with Gasteiger partial charge < -0.3 is 14.7 Å². The van der Waals surface area contributed by atoms with Gasteiger partial charge in [-0.25, -0.2) is 0 Å². The molecule has 4 rings (SSSR count). The number of amides is 1. The van der Waals surface area contributed by atoms with E-state index in [0.717, 1.165) is 45.3 Å². The van der Waals surface area contributed by atoms with Gasteiger partial charge in [-0.05, 0) is 30.7 Å². The standard InChI is InChI=1S/C21H29NO3/c23-15-20-14-22(13-18(20)9-12-25-16-20)19(24)21(10-5-2-6-11-21)17-7-3-1-4-8-17/h1,3-4,7-8,18,23H,2,5-6,9-16H2/t18-,20+/m0/s1. The number of carbonyl (C=O) groups is 1. The van der Waals surface area contributed by atoms with Crippen LogP contribution in [0.5, 0.6) is 0 Å². The van der Waals surface area contributed by atoms with E-state index >= 15 is 0 Å². The molecule has 1 aromatic carbocycles. The van der Waals surface area contributed by atoms with E-state index in [-0.39, 0.29) is 23.3 Å². The summed E-state index contributed by atoms with van der Waals surface area (Å²) in [7, 11) is 0. The van der Waals surface area contributed by atoms with E-state index in [2.05, 4.69) is 12.1 Å². The van der Waals surface area contributed by atoms with Crippen LogP contribution in [0.2, 0.25) is 0 Å². The molecule has 2 heterocycles. The Morgan fingerprint density at radius 1 is 1.20 bits per heavy atom. The van der Waals surface area contributed by atoms with Crippen molar-refractivity contribution in [3.63, 3.8) is 0 Å². The molecule has 2 saturated heterocycles. The first kappa shape index (κ1) is 17.0. The number of carbonyl (C=O) groups excluding carboxylic acids is 1. The highest BCUT2D eigenvalue weighted by atomic mass is 16.5. The van der Waals surface area contributed by atoms with E-state index in [1.54, 1.807) is 0 Å². The zero-order valence-corrected chi connectivity index (χ0v) is 15.0. The normalized spacial score (nSPS) is 31.6. The quantitative estimate of drug-likeness (QED) is 0.918. The first-order valence-corrected chi connectivity index (χ1v) is 9.74. The molecule has 136 valence electrons. The molecule has 2 aliphatic heterocycles. The van der Waals surface area contributed by atoms with Crippen molar-refractivity contribution in [2.45, 2.75) is 43.9 Å². The van der Waals surface area contributed by atoms with E-state index in [9.17, 15) is 9.90 Å². The molecule has 1 saturated carbocycles. The van der Waals surface area contributed by atoms with Gasteiger partial charge >= 0.3 is 0 Å². The van der Waals surface area contributed by atoms with Gasteiger partial charge in [-0.3, -0.25) is 4.79 Å². The Morgan fingerprint density at radius 2 is 1.96 bits per heavy atom. The minimum absolute atomic E-state index is 0.111. The molecule has 0 radical (unpaired) electrons. The lowest BCUT2D eigenvalue weighted by molar-refractivity contribution is -0.138. The van der Waals surface area contributed by atoms with Crippen molar-refractivity contribution >= 4 is 5.91 Å². The topological polar surface area (TPSA) is 49.8 Å². The Bertz CT molecular complexity index is 611. The Hall–Kier alpha value is -1.39. The van der Waals surface area contributed by atoms with E-state index in [4.69, 9.17) is 4.74 Å². The average molecular weight is 343 g/mol. The molecule has 3 aliphatic rings. The van der Waals surface area contributed by atoms with Gasteiger partial charge in [0.25, 0.3) is 0 Å². The van der Waals surface area contributed by atoms with E-state index < -0.39 is 0 Å². The lowest BCUT2D eigenvalue weighted by Crippen LogP contribution is -2.48. The lowest BCUT2D eigenvalue weighted by atomic mass is 9.68. The number of aliphatic hydroxyl groups excluding tert-OH is 1. The molecule has 1 aliphatic carbocycles. The predicted molar refractivity (Wildman–Crippen MR) is 96.2 cm³/mol. The summed E-state index contributed by atoms with van der Waals surface area (Å²) in [5, 5.41) is 10.0. The van der Waals surface area contributed by atoms with Crippen LogP contribution in [0.3, 0.4) is 0 Å². The molecular formula is C21H29NO3. The Kier molecular flexibility index (Phi) is 4.59. The summed E-state index contributed by atoms with van der Waals surface area (Å²) < 4.78 is 5.66. The summed E-state index contributed by atoms with van der Waals surface area (Å²) in [6.07, 6.45) is 6.29. The third-order valence-electron chi connectivity index (χ3n) is 6.86. The highest BCUT2D eigenvalue weighted by Crippen LogP contribution is 2.46. The number of nitrogens with zero attached hydrogens (tertiary/aromatic N) is 1. The van der Waals surface area contributed by atoms with Crippen molar-refractivity contribution in [3.05, 3.63) is 35.9 Å². The minimum Gasteiger partial charge on any atom is -0.396 e. The second-order valence-corrected chi connectivity index (χ2v) is 8.25. The van der Waals surface area contributed by atoms with E-state index in [0.29, 0.717) is 19.1 Å². The summed E-state index contributed by atoms with van der Waals surface area (Å²) in [4.78, 5) is 15.8. The number of benzene rings is 1. The molecule has 25 heavy (non-hydrogen) atoms. The number of hydrogen-bond acceptors (Lipinski definition) is 3. The Morgan fingerprint density at radius 3 is 2.64 bits per heavy atom. The number of rotatable bonds is 3. The maximum Gasteiger partial charge on any atom is 0.233 e. The van der Waals surface area contributed by atoms with E-state index in [1.165, 1.54) is 12.0 Å². The van der Waals surface area contributed by atoms with Gasteiger partial charge in [0.1, 0.15) is 0 Å². The molecule has 0 aromatic heterocycles. The van der Waals surface area contributed by atoms with Crippen LogP contribution in [0, 0.1) is 11.3 Å². The predicted octanol–water partition coefficient (Wildman–Crippen LogP) is 2.75. The molecule has 1 amide bonds. The maximum atomic E-state index is 13.7. The third kappa shape index (κ3) is 2.80. The van der Waals surface area contributed by atoms with Crippen LogP contribution >= 0.6 is 0 Å². The van der Waals surface area contributed by atoms with Gasteiger partial charge in [0.05, 0.1) is 18.6 Å². The summed E-state index contributed by atoms with van der Waals surface area (Å²) >= 11 is 0. The number of ether oxygens (including phenoxy) is 1. The van der Waals surface area contributed by atoms with Crippen LogP contribution in [-0.4, -0.2) is 48.8 Å². The van der Waals surface area contributed by atoms with Gasteiger partial charge in [-0.15, -0.1) is 0 Å². The number of aliphatic hydroxyl groups is 1. The van der Waals surface area contributed by atoms with Crippen molar-refractivity contribution in [2.24, 2.45) is 11.3 Å². The molecule has 4 nitrogen and oxygen atoms in total. The van der Waals surface area contributed by atoms with Gasteiger partial charge in [-0.1, -0.05) is 49.6 Å². The molecule has 1 N–H and O–H groups in total. The van der Waals surface area contributed by atoms with Crippen molar-refractivity contribution in [2.75, 3.05) is 32.9 Å². The van der Waals surface area contributed by atoms with Crippen molar-refractivity contribution in [3.8, 4) is 0 Å². The monoisotopic (exact) mass is 343 g/mol. The van der Waals surface area contributed by atoms with Crippen molar-refractivity contribution in [1.82, 2.24) is 4.90 Å². The fourth-order valence-electron chi connectivity index (χ4n) is 5.32. The summed E-state index contributed by atoms with van der Waals surface area (Å²) in [5.41, 5.74) is 0.550. The largest absolute Gasteiger partial charge is 0.396 e. The molecule has 4 heteroatoms. The van der Waals surface area contributed by atoms with Gasteiger partial charge in [0, 0.05) is 25.1 Å². The molecular weight excluding hydrogens is 314 g/mol. The SMILES string of the molecule is O=C(N1C[C@@H]2CCOC[C@]2(CO)C1)C1(c2ccccc2)CCCCC1. The number of fused-ring (bicyclic) bond motifs is 1. The van der Waals surface area contributed by atoms with Gasteiger partial charge in [0.2, 0.25) is 5.91 Å². The number of hydrogen-bond donors (Lipinski definition) is 1.